The molecule has 1 aromatic carbocycles. The van der Waals surface area contributed by atoms with Crippen LogP contribution in [0.25, 0.3) is 0 Å². The molecule has 1 fully saturated rings. The predicted octanol–water partition coefficient (Wildman–Crippen LogP) is 2.98. The number of nitrogens with zero attached hydrogens (tertiary/aromatic N) is 1. The standard InChI is InChI=1S/C13H13ClN2O2/c1-18-11-4-3-9(7-10(11)14)16-12(17)13(8-15)5-2-6-13/h3-4,7H,2,5-6H2,1H3,(H,16,17). The third-order valence-electron chi connectivity index (χ3n) is 3.27. The van der Waals surface area contributed by atoms with E-state index < -0.39 is 5.41 Å². The summed E-state index contributed by atoms with van der Waals surface area (Å²) < 4.78 is 5.03. The Balaban J connectivity index is 2.13. The lowest BCUT2D eigenvalue weighted by molar-refractivity contribution is -0.126. The van der Waals surface area contributed by atoms with E-state index >= 15 is 0 Å². The Labute approximate surface area is 111 Å². The first-order chi connectivity index (χ1) is 8.61. The van der Waals surface area contributed by atoms with Crippen LogP contribution in [0.3, 0.4) is 0 Å². The van der Waals surface area contributed by atoms with Crippen molar-refractivity contribution < 1.29 is 9.53 Å². The molecule has 0 spiro atoms. The van der Waals surface area contributed by atoms with Gasteiger partial charge in [-0.05, 0) is 37.5 Å². The molecule has 0 heterocycles. The number of ether oxygens (including phenoxy) is 1. The minimum Gasteiger partial charge on any atom is -0.495 e. The molecule has 1 saturated carbocycles. The molecule has 4 nitrogen and oxygen atoms in total. The summed E-state index contributed by atoms with van der Waals surface area (Å²) in [6.07, 6.45) is 2.17. The number of amides is 1. The highest BCUT2D eigenvalue weighted by Gasteiger charge is 2.44. The second-order valence-electron chi connectivity index (χ2n) is 4.35. The number of nitriles is 1. The minimum absolute atomic E-state index is 0.252. The van der Waals surface area contributed by atoms with Gasteiger partial charge in [0.25, 0.3) is 0 Å². The highest BCUT2D eigenvalue weighted by Crippen LogP contribution is 2.41. The maximum atomic E-state index is 12.0. The first-order valence-corrected chi connectivity index (χ1v) is 6.05. The Kier molecular flexibility index (Phi) is 3.44. The van der Waals surface area contributed by atoms with Crippen LogP contribution in [-0.4, -0.2) is 13.0 Å². The molecule has 1 amide bonds. The molecular weight excluding hydrogens is 252 g/mol. The van der Waals surface area contributed by atoms with Gasteiger partial charge in [-0.3, -0.25) is 4.79 Å². The summed E-state index contributed by atoms with van der Waals surface area (Å²) in [6.45, 7) is 0. The summed E-state index contributed by atoms with van der Waals surface area (Å²) in [5.41, 5.74) is -0.279. The summed E-state index contributed by atoms with van der Waals surface area (Å²) in [5.74, 6) is 0.297. The smallest absolute Gasteiger partial charge is 0.244 e. The predicted molar refractivity (Wildman–Crippen MR) is 68.5 cm³/mol. The monoisotopic (exact) mass is 264 g/mol. The van der Waals surface area contributed by atoms with E-state index in [1.165, 1.54) is 7.11 Å². The topological polar surface area (TPSA) is 62.1 Å². The Bertz CT molecular complexity index is 518. The van der Waals surface area contributed by atoms with Crippen molar-refractivity contribution in [3.8, 4) is 11.8 Å². The maximum Gasteiger partial charge on any atom is 0.244 e. The fourth-order valence-electron chi connectivity index (χ4n) is 1.91. The zero-order valence-corrected chi connectivity index (χ0v) is 10.8. The van der Waals surface area contributed by atoms with Gasteiger partial charge in [0.05, 0.1) is 18.2 Å². The largest absolute Gasteiger partial charge is 0.495 e. The molecule has 18 heavy (non-hydrogen) atoms. The second kappa shape index (κ2) is 4.87. The van der Waals surface area contributed by atoms with Gasteiger partial charge in [0.1, 0.15) is 11.2 Å². The van der Waals surface area contributed by atoms with E-state index in [4.69, 9.17) is 21.6 Å². The van der Waals surface area contributed by atoms with Crippen molar-refractivity contribution in [2.75, 3.05) is 12.4 Å². The Morgan fingerprint density at radius 2 is 2.28 bits per heavy atom. The van der Waals surface area contributed by atoms with Crippen molar-refractivity contribution in [3.63, 3.8) is 0 Å². The molecule has 1 aromatic rings. The number of halogens is 1. The number of benzene rings is 1. The van der Waals surface area contributed by atoms with Crippen LogP contribution in [0.2, 0.25) is 5.02 Å². The number of hydrogen-bond donors (Lipinski definition) is 1. The fraction of sp³-hybridized carbons (Fsp3) is 0.385. The van der Waals surface area contributed by atoms with Gasteiger partial charge in [0.2, 0.25) is 5.91 Å². The number of nitrogens with one attached hydrogen (secondary N) is 1. The van der Waals surface area contributed by atoms with Crippen LogP contribution in [0.4, 0.5) is 5.69 Å². The SMILES string of the molecule is COc1ccc(NC(=O)C2(C#N)CCC2)cc1Cl. The van der Waals surface area contributed by atoms with E-state index in [1.807, 2.05) is 0 Å². The molecule has 0 aliphatic heterocycles. The van der Waals surface area contributed by atoms with Crippen LogP contribution < -0.4 is 10.1 Å². The third-order valence-corrected chi connectivity index (χ3v) is 3.56. The Morgan fingerprint density at radius 3 is 2.72 bits per heavy atom. The van der Waals surface area contributed by atoms with Crippen molar-refractivity contribution in [2.45, 2.75) is 19.3 Å². The number of methoxy groups -OCH3 is 1. The highest BCUT2D eigenvalue weighted by atomic mass is 35.5. The molecule has 94 valence electrons. The number of rotatable bonds is 3. The van der Waals surface area contributed by atoms with Gasteiger partial charge in [0, 0.05) is 5.69 Å². The normalized spacial score (nSPS) is 16.3. The number of carbonyl (C=O) groups is 1. The zero-order chi connectivity index (χ0) is 13.2. The van der Waals surface area contributed by atoms with Crippen molar-refractivity contribution >= 4 is 23.2 Å². The first kappa shape index (κ1) is 12.7. The van der Waals surface area contributed by atoms with Gasteiger partial charge in [-0.25, -0.2) is 0 Å². The molecule has 0 atom stereocenters. The van der Waals surface area contributed by atoms with Crippen molar-refractivity contribution in [1.82, 2.24) is 0 Å². The molecule has 0 radical (unpaired) electrons. The Hall–Kier alpha value is -1.73. The van der Waals surface area contributed by atoms with E-state index in [-0.39, 0.29) is 5.91 Å². The van der Waals surface area contributed by atoms with Gasteiger partial charge in [0.15, 0.2) is 0 Å². The molecule has 0 unspecified atom stereocenters. The summed E-state index contributed by atoms with van der Waals surface area (Å²) in [4.78, 5) is 12.0. The fourth-order valence-corrected chi connectivity index (χ4v) is 2.17. The summed E-state index contributed by atoms with van der Waals surface area (Å²) in [7, 11) is 1.53. The van der Waals surface area contributed by atoms with Crippen molar-refractivity contribution in [2.24, 2.45) is 5.41 Å². The van der Waals surface area contributed by atoms with Gasteiger partial charge in [-0.2, -0.15) is 5.26 Å². The number of hydrogen-bond acceptors (Lipinski definition) is 3. The van der Waals surface area contributed by atoms with Crippen LogP contribution in [0.15, 0.2) is 18.2 Å². The van der Waals surface area contributed by atoms with Crippen LogP contribution in [-0.2, 0) is 4.79 Å². The lowest BCUT2D eigenvalue weighted by Gasteiger charge is -2.33. The molecule has 1 N–H and O–H groups in total. The third kappa shape index (κ3) is 2.14. The molecule has 1 aliphatic rings. The number of carbonyl (C=O) groups excluding carboxylic acids is 1. The van der Waals surface area contributed by atoms with E-state index in [1.54, 1.807) is 18.2 Å². The van der Waals surface area contributed by atoms with E-state index in [9.17, 15) is 4.79 Å². The lowest BCUT2D eigenvalue weighted by Crippen LogP contribution is -2.40. The quantitative estimate of drug-likeness (QED) is 0.913. The van der Waals surface area contributed by atoms with E-state index in [0.29, 0.717) is 29.3 Å². The number of anilines is 1. The Morgan fingerprint density at radius 1 is 1.56 bits per heavy atom. The van der Waals surface area contributed by atoms with Crippen molar-refractivity contribution in [3.05, 3.63) is 23.2 Å². The minimum atomic E-state index is -0.855. The zero-order valence-electron chi connectivity index (χ0n) is 10.00. The molecule has 5 heteroatoms. The van der Waals surface area contributed by atoms with Crippen LogP contribution in [0, 0.1) is 16.7 Å². The molecular formula is C13H13ClN2O2. The second-order valence-corrected chi connectivity index (χ2v) is 4.76. The molecule has 0 bridgehead atoms. The average molecular weight is 265 g/mol. The van der Waals surface area contributed by atoms with E-state index in [0.717, 1.165) is 6.42 Å². The van der Waals surface area contributed by atoms with Crippen molar-refractivity contribution in [1.29, 1.82) is 5.26 Å². The lowest BCUT2D eigenvalue weighted by atomic mass is 9.69. The highest BCUT2D eigenvalue weighted by molar-refractivity contribution is 6.32. The molecule has 2 rings (SSSR count). The molecule has 0 aromatic heterocycles. The van der Waals surface area contributed by atoms with Crippen LogP contribution in [0.5, 0.6) is 5.75 Å². The summed E-state index contributed by atoms with van der Waals surface area (Å²) >= 11 is 5.97. The maximum absolute atomic E-state index is 12.0. The van der Waals surface area contributed by atoms with E-state index in [2.05, 4.69) is 11.4 Å². The van der Waals surface area contributed by atoms with Gasteiger partial charge in [-0.1, -0.05) is 11.6 Å². The van der Waals surface area contributed by atoms with Crippen LogP contribution in [0.1, 0.15) is 19.3 Å². The van der Waals surface area contributed by atoms with Gasteiger partial charge >= 0.3 is 0 Å². The van der Waals surface area contributed by atoms with Gasteiger partial charge < -0.3 is 10.1 Å². The van der Waals surface area contributed by atoms with Crippen LogP contribution >= 0.6 is 11.6 Å². The summed E-state index contributed by atoms with van der Waals surface area (Å²) in [6, 6.07) is 7.09. The van der Waals surface area contributed by atoms with Gasteiger partial charge in [-0.15, -0.1) is 0 Å². The molecule has 1 aliphatic carbocycles. The average Bonchev–Trinajstić information content (AvgIpc) is 2.28. The summed E-state index contributed by atoms with van der Waals surface area (Å²) in [5, 5.41) is 12.2. The first-order valence-electron chi connectivity index (χ1n) is 5.67. The molecule has 0 saturated heterocycles.